The summed E-state index contributed by atoms with van der Waals surface area (Å²) in [5, 5.41) is 0. The Morgan fingerprint density at radius 2 is 2.09 bits per heavy atom. The summed E-state index contributed by atoms with van der Waals surface area (Å²) in [5.41, 5.74) is 0. The second-order valence-electron chi connectivity index (χ2n) is 3.92. The van der Waals surface area contributed by atoms with Gasteiger partial charge in [-0.15, -0.1) is 0 Å². The van der Waals surface area contributed by atoms with Crippen LogP contribution in [-0.4, -0.2) is 30.3 Å². The lowest BCUT2D eigenvalue weighted by Crippen LogP contribution is -2.48. The van der Waals surface area contributed by atoms with E-state index in [0.717, 1.165) is 19.0 Å². The first-order valence-electron chi connectivity index (χ1n) is 4.34. The van der Waals surface area contributed by atoms with Gasteiger partial charge in [-0.25, -0.2) is 0 Å². The molecule has 0 atom stereocenters. The van der Waals surface area contributed by atoms with Crippen LogP contribution < -0.4 is 0 Å². The molecular weight excluding hydrogens is 138 g/mol. The molecule has 1 saturated heterocycles. The average molecular weight is 155 g/mol. The lowest BCUT2D eigenvalue weighted by molar-refractivity contribution is -0.124. The van der Waals surface area contributed by atoms with E-state index in [1.807, 2.05) is 13.8 Å². The molecule has 1 fully saturated rings. The molecule has 11 heavy (non-hydrogen) atoms. The van der Waals surface area contributed by atoms with E-state index in [1.54, 1.807) is 0 Å². The van der Waals surface area contributed by atoms with Gasteiger partial charge >= 0.3 is 0 Å². The van der Waals surface area contributed by atoms with Crippen molar-refractivity contribution in [2.75, 3.05) is 19.6 Å². The lowest BCUT2D eigenvalue weighted by atomic mass is 10.0. The summed E-state index contributed by atoms with van der Waals surface area (Å²) in [4.78, 5) is 13.4. The molecule has 0 bridgehead atoms. The van der Waals surface area contributed by atoms with Crippen molar-refractivity contribution in [3.63, 3.8) is 0 Å². The summed E-state index contributed by atoms with van der Waals surface area (Å²) >= 11 is 0. The molecule has 0 saturated carbocycles. The Balaban J connectivity index is 2.17. The van der Waals surface area contributed by atoms with Crippen LogP contribution in [0.1, 0.15) is 20.8 Å². The van der Waals surface area contributed by atoms with Crippen molar-refractivity contribution in [1.82, 2.24) is 4.90 Å². The molecule has 1 rings (SSSR count). The van der Waals surface area contributed by atoms with Gasteiger partial charge in [-0.05, 0) is 5.92 Å². The topological polar surface area (TPSA) is 20.3 Å². The van der Waals surface area contributed by atoms with Gasteiger partial charge in [0.25, 0.3) is 0 Å². The van der Waals surface area contributed by atoms with Crippen LogP contribution in [0, 0.1) is 11.8 Å². The van der Waals surface area contributed by atoms with E-state index in [9.17, 15) is 4.79 Å². The van der Waals surface area contributed by atoms with E-state index in [4.69, 9.17) is 0 Å². The number of hydrogen-bond donors (Lipinski definition) is 0. The van der Waals surface area contributed by atoms with Crippen LogP contribution in [0.15, 0.2) is 0 Å². The fraction of sp³-hybridized carbons (Fsp3) is 0.889. The van der Waals surface area contributed by atoms with Gasteiger partial charge in [-0.1, -0.05) is 20.8 Å². The van der Waals surface area contributed by atoms with Crippen molar-refractivity contribution >= 4 is 5.78 Å². The fourth-order valence-electron chi connectivity index (χ4n) is 1.36. The van der Waals surface area contributed by atoms with Crippen LogP contribution in [0.3, 0.4) is 0 Å². The van der Waals surface area contributed by atoms with Gasteiger partial charge in [0.15, 0.2) is 0 Å². The van der Waals surface area contributed by atoms with Crippen molar-refractivity contribution < 1.29 is 4.79 Å². The normalized spacial score (nSPS) is 20.4. The maximum atomic E-state index is 11.2. The predicted octanol–water partition coefficient (Wildman–Crippen LogP) is 1.16. The summed E-state index contributed by atoms with van der Waals surface area (Å²) < 4.78 is 0. The third kappa shape index (κ3) is 2.29. The molecule has 0 amide bonds. The highest BCUT2D eigenvalue weighted by Gasteiger charge is 2.24. The Hall–Kier alpha value is -0.370. The van der Waals surface area contributed by atoms with Gasteiger partial charge in [0.2, 0.25) is 0 Å². The van der Waals surface area contributed by atoms with Crippen molar-refractivity contribution in [1.29, 1.82) is 0 Å². The molecular formula is C9H17NO. The number of likely N-dealkylation sites (tertiary alicyclic amines) is 1. The summed E-state index contributed by atoms with van der Waals surface area (Å²) in [6.45, 7) is 9.03. The van der Waals surface area contributed by atoms with Crippen LogP contribution in [0.2, 0.25) is 0 Å². The Labute approximate surface area is 68.6 Å². The molecule has 0 N–H and O–H groups in total. The van der Waals surface area contributed by atoms with Crippen LogP contribution in [0.5, 0.6) is 0 Å². The molecule has 0 radical (unpaired) electrons. The van der Waals surface area contributed by atoms with E-state index >= 15 is 0 Å². The highest BCUT2D eigenvalue weighted by molar-refractivity contribution is 5.82. The van der Waals surface area contributed by atoms with E-state index in [-0.39, 0.29) is 5.92 Å². The number of carbonyl (C=O) groups excluding carboxylic acids is 1. The second kappa shape index (κ2) is 3.35. The van der Waals surface area contributed by atoms with Crippen molar-refractivity contribution in [3.05, 3.63) is 0 Å². The van der Waals surface area contributed by atoms with Crippen LogP contribution >= 0.6 is 0 Å². The van der Waals surface area contributed by atoms with E-state index in [0.29, 0.717) is 12.3 Å². The lowest BCUT2D eigenvalue weighted by Gasteiger charge is -2.36. The Kier molecular flexibility index (Phi) is 2.66. The molecule has 1 heterocycles. The Morgan fingerprint density at radius 1 is 1.55 bits per heavy atom. The maximum Gasteiger partial charge on any atom is 0.149 e. The molecule has 2 nitrogen and oxygen atoms in total. The second-order valence-corrected chi connectivity index (χ2v) is 3.92. The zero-order valence-corrected chi connectivity index (χ0v) is 7.63. The molecule has 0 aliphatic carbocycles. The minimum atomic E-state index is 0.200. The van der Waals surface area contributed by atoms with Gasteiger partial charge < -0.3 is 0 Å². The summed E-state index contributed by atoms with van der Waals surface area (Å²) in [6.07, 6.45) is 0. The summed E-state index contributed by atoms with van der Waals surface area (Å²) in [5.74, 6) is 1.37. The first-order chi connectivity index (χ1) is 5.09. The number of ketones is 1. The van der Waals surface area contributed by atoms with Gasteiger partial charge in [0.05, 0.1) is 6.54 Å². The molecule has 0 aromatic carbocycles. The van der Waals surface area contributed by atoms with Gasteiger partial charge in [-0.3, -0.25) is 9.69 Å². The monoisotopic (exact) mass is 155 g/mol. The molecule has 2 heteroatoms. The minimum absolute atomic E-state index is 0.200. The van der Waals surface area contributed by atoms with E-state index in [1.165, 1.54) is 0 Å². The van der Waals surface area contributed by atoms with Gasteiger partial charge in [0, 0.05) is 19.0 Å². The molecule has 1 aliphatic rings. The zero-order chi connectivity index (χ0) is 8.43. The number of Topliss-reactive ketones (excluding diaryl/α,β-unsaturated/α-hetero) is 1. The Bertz CT molecular complexity index is 148. The SMILES string of the molecule is CC1CN(CC(=O)C(C)C)C1. The van der Waals surface area contributed by atoms with E-state index < -0.39 is 0 Å². The molecule has 0 aromatic heterocycles. The first-order valence-corrected chi connectivity index (χ1v) is 4.34. The fourth-order valence-corrected chi connectivity index (χ4v) is 1.36. The first kappa shape index (κ1) is 8.72. The molecule has 1 aliphatic heterocycles. The number of hydrogen-bond acceptors (Lipinski definition) is 2. The standard InChI is InChI=1S/C9H17NO/c1-7(2)9(11)6-10-4-8(3)5-10/h7-8H,4-6H2,1-3H3. The number of nitrogens with zero attached hydrogens (tertiary/aromatic N) is 1. The summed E-state index contributed by atoms with van der Waals surface area (Å²) in [6, 6.07) is 0. The highest BCUT2D eigenvalue weighted by atomic mass is 16.1. The number of rotatable bonds is 3. The van der Waals surface area contributed by atoms with Crippen LogP contribution in [0.4, 0.5) is 0 Å². The van der Waals surface area contributed by atoms with Crippen molar-refractivity contribution in [2.24, 2.45) is 11.8 Å². The van der Waals surface area contributed by atoms with E-state index in [2.05, 4.69) is 11.8 Å². The third-order valence-electron chi connectivity index (χ3n) is 2.16. The molecule has 0 aromatic rings. The average Bonchev–Trinajstić information content (AvgIpc) is 1.84. The van der Waals surface area contributed by atoms with Crippen LogP contribution in [-0.2, 0) is 4.79 Å². The highest BCUT2D eigenvalue weighted by Crippen LogP contribution is 2.14. The number of carbonyl (C=O) groups is 1. The van der Waals surface area contributed by atoms with Gasteiger partial charge in [0.1, 0.15) is 5.78 Å². The van der Waals surface area contributed by atoms with Crippen LogP contribution in [0.25, 0.3) is 0 Å². The molecule has 0 unspecified atom stereocenters. The van der Waals surface area contributed by atoms with Gasteiger partial charge in [-0.2, -0.15) is 0 Å². The quantitative estimate of drug-likeness (QED) is 0.609. The van der Waals surface area contributed by atoms with Crippen molar-refractivity contribution in [3.8, 4) is 0 Å². The summed E-state index contributed by atoms with van der Waals surface area (Å²) in [7, 11) is 0. The zero-order valence-electron chi connectivity index (χ0n) is 7.63. The maximum absolute atomic E-state index is 11.2. The molecule has 0 spiro atoms. The molecule has 64 valence electrons. The Morgan fingerprint density at radius 3 is 2.45 bits per heavy atom. The minimum Gasteiger partial charge on any atom is -0.298 e. The predicted molar refractivity (Wildman–Crippen MR) is 45.4 cm³/mol. The smallest absolute Gasteiger partial charge is 0.149 e. The third-order valence-corrected chi connectivity index (χ3v) is 2.16. The largest absolute Gasteiger partial charge is 0.298 e. The van der Waals surface area contributed by atoms with Crippen molar-refractivity contribution in [2.45, 2.75) is 20.8 Å².